The van der Waals surface area contributed by atoms with Gasteiger partial charge in [-0.05, 0) is 134 Å². The summed E-state index contributed by atoms with van der Waals surface area (Å²) in [4.78, 5) is 41.4. The van der Waals surface area contributed by atoms with E-state index in [0.29, 0.717) is 60.4 Å². The molecule has 0 unspecified atom stereocenters. The molecule has 59 heavy (non-hydrogen) atoms. The van der Waals surface area contributed by atoms with Gasteiger partial charge in [0.2, 0.25) is 0 Å². The second-order valence-corrected chi connectivity index (χ2v) is 17.2. The first-order valence-electron chi connectivity index (χ1n) is 20.4. The molecule has 6 aromatic rings. The smallest absolute Gasteiger partial charge is 0.335 e. The number of nitrogens with zero attached hydrogens (tertiary/aromatic N) is 6. The van der Waals surface area contributed by atoms with Crippen LogP contribution in [0.3, 0.4) is 0 Å². The minimum absolute atomic E-state index is 0.158. The lowest BCUT2D eigenvalue weighted by atomic mass is 9.97. The van der Waals surface area contributed by atoms with Gasteiger partial charge in [-0.2, -0.15) is 0 Å². The van der Waals surface area contributed by atoms with Gasteiger partial charge in [-0.15, -0.1) is 0 Å². The van der Waals surface area contributed by atoms with E-state index in [2.05, 4.69) is 28.8 Å². The summed E-state index contributed by atoms with van der Waals surface area (Å²) in [5, 5.41) is 16.5. The van der Waals surface area contributed by atoms with Gasteiger partial charge in [0, 0.05) is 75.7 Å². The number of piperidine rings is 1. The second kappa shape index (κ2) is 16.3. The zero-order valence-corrected chi connectivity index (χ0v) is 36.3. The Bertz CT molecular complexity index is 2600. The number of hydrogen-bond donors (Lipinski definition) is 2. The van der Waals surface area contributed by atoms with Crippen molar-refractivity contribution in [2.24, 2.45) is 7.05 Å². The molecule has 8 rings (SSSR count). The second-order valence-electron chi connectivity index (χ2n) is 16.4. The van der Waals surface area contributed by atoms with Gasteiger partial charge >= 0.3 is 5.97 Å². The number of fused-ring (bicyclic) bond motifs is 4. The van der Waals surface area contributed by atoms with Gasteiger partial charge < -0.3 is 34.1 Å². The number of anilines is 1. The van der Waals surface area contributed by atoms with Crippen molar-refractivity contribution in [3.63, 3.8) is 0 Å². The first-order chi connectivity index (χ1) is 28.2. The molecule has 308 valence electrons. The van der Waals surface area contributed by atoms with Gasteiger partial charge in [-0.3, -0.25) is 4.79 Å². The number of aromatic nitrogens is 4. The monoisotopic (exact) mass is 835 g/mol. The number of halogens is 2. The van der Waals surface area contributed by atoms with E-state index in [-0.39, 0.29) is 17.5 Å². The molecule has 3 aromatic carbocycles. The largest absolute Gasteiger partial charge is 0.494 e. The average Bonchev–Trinajstić information content (AvgIpc) is 3.71. The molecule has 0 saturated carbocycles. The lowest BCUT2D eigenvalue weighted by Gasteiger charge is -2.34. The highest BCUT2D eigenvalue weighted by atomic mass is 35.5. The summed E-state index contributed by atoms with van der Waals surface area (Å²) in [5.41, 5.74) is 9.30. The summed E-state index contributed by atoms with van der Waals surface area (Å²) in [6.45, 7) is 13.6. The van der Waals surface area contributed by atoms with Crippen molar-refractivity contribution in [3.05, 3.63) is 104 Å². The standard InChI is InChI=1S/C46H51Cl2N7O4/c1-25-19-32(20-26(2)42(25)48)59-18-8-9-33-34-11-12-36(47)41(40-28(4)50-39(51-29(40)5)22-49-31-14-16-52(6)17-15-31)43(34)55-27(3)23-54(45(56)44(33)55)38-24-53(7)37-13-10-30(46(57)58)21-35(37)38/h10-13,19-21,24,27,31,49H,8-9,14-18,22-23H2,1-7H3,(H,57,58)/t27-/m1/s1. The maximum Gasteiger partial charge on any atom is 0.335 e. The quantitative estimate of drug-likeness (QED) is 0.124. The van der Waals surface area contributed by atoms with Gasteiger partial charge in [0.15, 0.2) is 0 Å². The van der Waals surface area contributed by atoms with Crippen LogP contribution >= 0.6 is 23.2 Å². The number of hydrogen-bond acceptors (Lipinski definition) is 7. The maximum absolute atomic E-state index is 15.2. The van der Waals surface area contributed by atoms with E-state index in [1.807, 2.05) is 69.8 Å². The van der Waals surface area contributed by atoms with E-state index in [4.69, 9.17) is 37.9 Å². The summed E-state index contributed by atoms with van der Waals surface area (Å²) in [6, 6.07) is 13.2. The van der Waals surface area contributed by atoms with Crippen molar-refractivity contribution in [2.75, 3.05) is 38.2 Å². The van der Waals surface area contributed by atoms with Gasteiger partial charge in [-0.25, -0.2) is 14.8 Å². The zero-order valence-electron chi connectivity index (χ0n) is 34.7. The summed E-state index contributed by atoms with van der Waals surface area (Å²) < 4.78 is 10.4. The number of aromatic carboxylic acids is 1. The Morgan fingerprint density at radius 3 is 2.32 bits per heavy atom. The van der Waals surface area contributed by atoms with Crippen LogP contribution in [0.4, 0.5) is 5.69 Å². The Balaban J connectivity index is 1.22. The SMILES string of the molecule is Cc1cc(OCCCc2c3n(c4c(-c5c(C)nc(CNC6CCN(C)CC6)nc5C)c(Cl)ccc24)[C@H](C)CN(c2cn(C)c4ccc(C(=O)O)cc24)C3=O)cc(C)c1Cl. The Morgan fingerprint density at radius 1 is 0.949 bits per heavy atom. The fraction of sp³-hybridized carbons (Fsp3) is 0.391. The third kappa shape index (κ3) is 7.58. The highest BCUT2D eigenvalue weighted by Gasteiger charge is 2.37. The molecule has 1 fully saturated rings. The van der Waals surface area contributed by atoms with Crippen molar-refractivity contribution in [1.82, 2.24) is 29.3 Å². The van der Waals surface area contributed by atoms with E-state index in [9.17, 15) is 9.90 Å². The van der Waals surface area contributed by atoms with Crippen molar-refractivity contribution < 1.29 is 19.4 Å². The molecule has 2 aliphatic heterocycles. The van der Waals surface area contributed by atoms with E-state index in [0.717, 1.165) is 98.2 Å². The van der Waals surface area contributed by atoms with E-state index in [1.165, 1.54) is 0 Å². The number of likely N-dealkylation sites (tertiary alicyclic amines) is 1. The Hall–Kier alpha value is -4.94. The highest BCUT2D eigenvalue weighted by Crippen LogP contribution is 2.45. The van der Waals surface area contributed by atoms with Gasteiger partial charge in [0.1, 0.15) is 17.3 Å². The first kappa shape index (κ1) is 40.8. The molecule has 2 aliphatic rings. The number of nitrogens with one attached hydrogen (secondary N) is 1. The third-order valence-corrected chi connectivity index (χ3v) is 13.1. The Kier molecular flexibility index (Phi) is 11.2. The van der Waals surface area contributed by atoms with Crippen molar-refractivity contribution >= 4 is 62.6 Å². The lowest BCUT2D eigenvalue weighted by Crippen LogP contribution is -2.42. The summed E-state index contributed by atoms with van der Waals surface area (Å²) >= 11 is 13.7. The molecule has 0 bridgehead atoms. The minimum Gasteiger partial charge on any atom is -0.494 e. The van der Waals surface area contributed by atoms with Crippen LogP contribution in [-0.4, -0.2) is 80.3 Å². The fourth-order valence-corrected chi connectivity index (χ4v) is 9.55. The number of aryl methyl sites for hydroxylation is 6. The van der Waals surface area contributed by atoms with Crippen molar-refractivity contribution in [2.45, 2.75) is 78.9 Å². The number of rotatable bonds is 11. The number of carboxylic acids is 1. The lowest BCUT2D eigenvalue weighted by molar-refractivity contribution is 0.0696. The van der Waals surface area contributed by atoms with Gasteiger partial charge in [0.25, 0.3) is 5.91 Å². The zero-order chi connectivity index (χ0) is 41.9. The molecule has 13 heteroatoms. The van der Waals surface area contributed by atoms with Crippen LogP contribution in [0, 0.1) is 27.7 Å². The van der Waals surface area contributed by atoms with Crippen LogP contribution in [0.25, 0.3) is 32.9 Å². The summed E-state index contributed by atoms with van der Waals surface area (Å²) in [7, 11) is 4.07. The Labute approximate surface area is 354 Å². The van der Waals surface area contributed by atoms with E-state index in [1.54, 1.807) is 23.1 Å². The highest BCUT2D eigenvalue weighted by molar-refractivity contribution is 6.35. The predicted molar refractivity (Wildman–Crippen MR) is 236 cm³/mol. The molecule has 11 nitrogen and oxygen atoms in total. The fourth-order valence-electron chi connectivity index (χ4n) is 9.20. The number of carboxylic acid groups (broad SMARTS) is 1. The maximum atomic E-state index is 15.2. The third-order valence-electron chi connectivity index (χ3n) is 12.1. The molecule has 5 heterocycles. The molecule has 2 N–H and O–H groups in total. The van der Waals surface area contributed by atoms with Crippen molar-refractivity contribution in [3.8, 4) is 16.9 Å². The minimum atomic E-state index is -1.02. The van der Waals surface area contributed by atoms with Gasteiger partial charge in [-0.1, -0.05) is 29.3 Å². The number of carbonyl (C=O) groups excluding carboxylic acids is 1. The molecule has 0 radical (unpaired) electrons. The Morgan fingerprint density at radius 2 is 1.64 bits per heavy atom. The van der Waals surface area contributed by atoms with E-state index < -0.39 is 5.97 Å². The van der Waals surface area contributed by atoms with Crippen LogP contribution < -0.4 is 15.0 Å². The van der Waals surface area contributed by atoms with Gasteiger partial charge in [0.05, 0.1) is 34.9 Å². The van der Waals surface area contributed by atoms with Crippen LogP contribution in [-0.2, 0) is 20.0 Å². The molecule has 3 aromatic heterocycles. The van der Waals surface area contributed by atoms with Crippen LogP contribution in [0.2, 0.25) is 10.0 Å². The molecular formula is C46H51Cl2N7O4. The average molecular weight is 837 g/mol. The van der Waals surface area contributed by atoms with Crippen LogP contribution in [0.15, 0.2) is 48.7 Å². The van der Waals surface area contributed by atoms with Crippen LogP contribution in [0.5, 0.6) is 5.75 Å². The topological polar surface area (TPSA) is 118 Å². The predicted octanol–water partition coefficient (Wildman–Crippen LogP) is 9.25. The van der Waals surface area contributed by atoms with E-state index >= 15 is 4.79 Å². The van der Waals surface area contributed by atoms with Crippen LogP contribution in [0.1, 0.15) is 87.0 Å². The molecule has 0 spiro atoms. The molecule has 1 amide bonds. The number of benzene rings is 3. The summed E-state index contributed by atoms with van der Waals surface area (Å²) in [5.74, 6) is 0.324. The normalized spacial score (nSPS) is 16.4. The number of ether oxygens (including phenoxy) is 1. The number of amides is 1. The summed E-state index contributed by atoms with van der Waals surface area (Å²) in [6.07, 6.45) is 5.31. The molecule has 1 saturated heterocycles. The molecule has 1 atom stereocenters. The van der Waals surface area contributed by atoms with Crippen molar-refractivity contribution in [1.29, 1.82) is 0 Å². The molecule has 0 aliphatic carbocycles. The number of carbonyl (C=O) groups is 2. The first-order valence-corrected chi connectivity index (χ1v) is 21.1. The molecular weight excluding hydrogens is 785 g/mol.